The number of benzene rings is 1. The monoisotopic (exact) mass is 465 g/mol. The second-order valence-corrected chi connectivity index (χ2v) is 8.72. The lowest BCUT2D eigenvalue weighted by Crippen LogP contribution is -2.35. The molecule has 9 heteroatoms. The predicted molar refractivity (Wildman–Crippen MR) is 120 cm³/mol. The fraction of sp³-hybridized carbons (Fsp3) is 0.435. The maximum atomic E-state index is 13.1. The first-order chi connectivity index (χ1) is 15.2. The minimum Gasteiger partial charge on any atom is -0.339 e. The van der Waals surface area contributed by atoms with Crippen LogP contribution in [0.3, 0.4) is 0 Å². The summed E-state index contributed by atoms with van der Waals surface area (Å²) in [5.74, 6) is -0.578. The van der Waals surface area contributed by atoms with Gasteiger partial charge >= 0.3 is 6.18 Å². The van der Waals surface area contributed by atoms with Crippen LogP contribution in [0.15, 0.2) is 35.7 Å². The Kier molecular flexibility index (Phi) is 7.71. The van der Waals surface area contributed by atoms with Crippen molar-refractivity contribution < 1.29 is 22.8 Å². The van der Waals surface area contributed by atoms with Gasteiger partial charge in [-0.25, -0.2) is 4.98 Å². The fourth-order valence-corrected chi connectivity index (χ4v) is 4.66. The topological polar surface area (TPSA) is 53.5 Å². The van der Waals surface area contributed by atoms with E-state index < -0.39 is 17.6 Å². The Bertz CT molecular complexity index is 979. The minimum absolute atomic E-state index is 0.0846. The fourth-order valence-electron chi connectivity index (χ4n) is 3.80. The van der Waals surface area contributed by atoms with E-state index in [0.717, 1.165) is 54.1 Å². The summed E-state index contributed by atoms with van der Waals surface area (Å²) in [6, 6.07) is 4.79. The molecule has 2 aromatic rings. The Balaban J connectivity index is 1.75. The highest BCUT2D eigenvalue weighted by Crippen LogP contribution is 2.35. The molecule has 3 rings (SSSR count). The standard InChI is InChI=1S/C23H26F3N3O2S/c1-16(30)29(20-11-7-8-17(14-20)23(24,25)26)22-27-18(15-32-22)12-13-21(31)28(2)19-9-5-3-4-6-10-19/h7-8,11-15,19H,3-6,9-10H2,1-2H3/b13-12+. The number of carbonyl (C=O) groups excluding carboxylic acids is 2. The van der Waals surface area contributed by atoms with Crippen LogP contribution in [0.2, 0.25) is 0 Å². The lowest BCUT2D eigenvalue weighted by molar-refractivity contribution is -0.137. The van der Waals surface area contributed by atoms with Crippen molar-refractivity contribution >= 4 is 40.0 Å². The molecule has 0 bridgehead atoms. The van der Waals surface area contributed by atoms with Crippen LogP contribution in [0.5, 0.6) is 0 Å². The average Bonchev–Trinajstić information content (AvgIpc) is 3.02. The number of aromatic nitrogens is 1. The number of thiazole rings is 1. The van der Waals surface area contributed by atoms with E-state index in [4.69, 9.17) is 0 Å². The van der Waals surface area contributed by atoms with Crippen molar-refractivity contribution in [2.45, 2.75) is 57.7 Å². The number of rotatable bonds is 5. The van der Waals surface area contributed by atoms with Crippen molar-refractivity contribution in [3.05, 3.63) is 47.0 Å². The second-order valence-electron chi connectivity index (χ2n) is 7.89. The molecule has 0 saturated heterocycles. The lowest BCUT2D eigenvalue weighted by atomic mass is 10.1. The van der Waals surface area contributed by atoms with Gasteiger partial charge in [0.25, 0.3) is 0 Å². The molecule has 0 N–H and O–H groups in total. The number of halogens is 3. The van der Waals surface area contributed by atoms with E-state index in [9.17, 15) is 22.8 Å². The molecule has 1 saturated carbocycles. The van der Waals surface area contributed by atoms with Gasteiger partial charge in [-0.2, -0.15) is 13.2 Å². The average molecular weight is 466 g/mol. The molecule has 1 aromatic heterocycles. The van der Waals surface area contributed by atoms with Crippen LogP contribution in [0.25, 0.3) is 6.08 Å². The van der Waals surface area contributed by atoms with Gasteiger partial charge < -0.3 is 4.90 Å². The van der Waals surface area contributed by atoms with Gasteiger partial charge in [0.15, 0.2) is 5.13 Å². The third kappa shape index (κ3) is 5.97. The summed E-state index contributed by atoms with van der Waals surface area (Å²) in [6.45, 7) is 1.27. The van der Waals surface area contributed by atoms with Crippen molar-refractivity contribution in [2.75, 3.05) is 11.9 Å². The van der Waals surface area contributed by atoms with Gasteiger partial charge in [0.2, 0.25) is 11.8 Å². The molecule has 1 aliphatic carbocycles. The molecule has 1 heterocycles. The highest BCUT2D eigenvalue weighted by atomic mass is 32.1. The first kappa shape index (κ1) is 24.0. The molecule has 0 spiro atoms. The minimum atomic E-state index is -4.51. The second kappa shape index (κ2) is 10.3. The zero-order chi connectivity index (χ0) is 23.3. The summed E-state index contributed by atoms with van der Waals surface area (Å²) in [4.78, 5) is 32.0. The summed E-state index contributed by atoms with van der Waals surface area (Å²) in [5.41, 5.74) is -0.294. The normalized spacial score (nSPS) is 15.5. The number of likely N-dealkylation sites (N-methyl/N-ethyl adjacent to an activating group) is 1. The predicted octanol–water partition coefficient (Wildman–Crippen LogP) is 6.04. The Morgan fingerprint density at radius 1 is 1.16 bits per heavy atom. The molecule has 0 unspecified atom stereocenters. The van der Waals surface area contributed by atoms with Crippen LogP contribution in [0.1, 0.15) is 56.7 Å². The summed E-state index contributed by atoms with van der Waals surface area (Å²) in [7, 11) is 1.81. The van der Waals surface area contributed by atoms with E-state index in [0.29, 0.717) is 5.69 Å². The van der Waals surface area contributed by atoms with Crippen molar-refractivity contribution in [3.63, 3.8) is 0 Å². The van der Waals surface area contributed by atoms with E-state index in [2.05, 4.69) is 4.98 Å². The molecule has 1 aromatic carbocycles. The number of hydrogen-bond acceptors (Lipinski definition) is 4. The number of anilines is 2. The van der Waals surface area contributed by atoms with Gasteiger partial charge in [-0.3, -0.25) is 14.5 Å². The maximum absolute atomic E-state index is 13.1. The first-order valence-corrected chi connectivity index (χ1v) is 11.4. The maximum Gasteiger partial charge on any atom is 0.416 e. The lowest BCUT2D eigenvalue weighted by Gasteiger charge is -2.26. The molecule has 2 amide bonds. The van der Waals surface area contributed by atoms with E-state index in [1.165, 1.54) is 38.0 Å². The highest BCUT2D eigenvalue weighted by Gasteiger charge is 2.31. The molecule has 1 aliphatic rings. The molecule has 1 fully saturated rings. The molecule has 5 nitrogen and oxygen atoms in total. The third-order valence-corrected chi connectivity index (χ3v) is 6.41. The number of amides is 2. The summed E-state index contributed by atoms with van der Waals surface area (Å²) < 4.78 is 39.2. The van der Waals surface area contributed by atoms with Crippen LogP contribution in [-0.2, 0) is 15.8 Å². The Hall–Kier alpha value is -2.68. The molecule has 172 valence electrons. The van der Waals surface area contributed by atoms with Crippen LogP contribution < -0.4 is 4.90 Å². The number of nitrogens with zero attached hydrogens (tertiary/aromatic N) is 3. The van der Waals surface area contributed by atoms with Gasteiger partial charge in [-0.15, -0.1) is 11.3 Å². The van der Waals surface area contributed by atoms with Crippen LogP contribution in [-0.4, -0.2) is 34.8 Å². The first-order valence-electron chi connectivity index (χ1n) is 10.5. The van der Waals surface area contributed by atoms with Gasteiger partial charge in [0, 0.05) is 31.5 Å². The van der Waals surface area contributed by atoms with E-state index >= 15 is 0 Å². The Morgan fingerprint density at radius 2 is 1.84 bits per heavy atom. The van der Waals surface area contributed by atoms with Crippen LogP contribution in [0.4, 0.5) is 24.0 Å². The summed E-state index contributed by atoms with van der Waals surface area (Å²) >= 11 is 1.12. The molecular formula is C23H26F3N3O2S. The zero-order valence-electron chi connectivity index (χ0n) is 18.1. The number of alkyl halides is 3. The highest BCUT2D eigenvalue weighted by molar-refractivity contribution is 7.14. The summed E-state index contributed by atoms with van der Waals surface area (Å²) in [6.07, 6.45) is 5.16. The van der Waals surface area contributed by atoms with Crippen LogP contribution >= 0.6 is 11.3 Å². The largest absolute Gasteiger partial charge is 0.416 e. The van der Waals surface area contributed by atoms with Gasteiger partial charge in [-0.05, 0) is 37.1 Å². The van der Waals surface area contributed by atoms with Gasteiger partial charge in [0.1, 0.15) is 0 Å². The Morgan fingerprint density at radius 3 is 2.47 bits per heavy atom. The molecule has 0 radical (unpaired) electrons. The van der Waals surface area contributed by atoms with Gasteiger partial charge in [0.05, 0.1) is 16.9 Å². The van der Waals surface area contributed by atoms with Crippen molar-refractivity contribution in [1.29, 1.82) is 0 Å². The molecule has 0 atom stereocenters. The quantitative estimate of drug-likeness (QED) is 0.400. The van der Waals surface area contributed by atoms with E-state index in [-0.39, 0.29) is 22.8 Å². The SMILES string of the molecule is CC(=O)N(c1cccc(C(F)(F)F)c1)c1nc(/C=C/C(=O)N(C)C2CCCCCC2)cs1. The number of hydrogen-bond donors (Lipinski definition) is 0. The van der Waals surface area contributed by atoms with E-state index in [1.807, 2.05) is 0 Å². The molecule has 32 heavy (non-hydrogen) atoms. The summed E-state index contributed by atoms with van der Waals surface area (Å²) in [5, 5.41) is 1.90. The number of carbonyl (C=O) groups is 2. The van der Waals surface area contributed by atoms with Crippen molar-refractivity contribution in [2.24, 2.45) is 0 Å². The van der Waals surface area contributed by atoms with Gasteiger partial charge in [-0.1, -0.05) is 31.7 Å². The zero-order valence-corrected chi connectivity index (χ0v) is 18.9. The van der Waals surface area contributed by atoms with E-state index in [1.54, 1.807) is 23.4 Å². The third-order valence-electron chi connectivity index (χ3n) is 5.56. The van der Waals surface area contributed by atoms with Crippen molar-refractivity contribution in [1.82, 2.24) is 9.88 Å². The van der Waals surface area contributed by atoms with Crippen LogP contribution in [0, 0.1) is 0 Å². The molecule has 0 aliphatic heterocycles. The Labute approximate surface area is 189 Å². The van der Waals surface area contributed by atoms with Crippen molar-refractivity contribution in [3.8, 4) is 0 Å². The molecular weight excluding hydrogens is 439 g/mol. The smallest absolute Gasteiger partial charge is 0.339 e.